The molecule has 4 nitrogen and oxygen atoms in total. The number of hydrogen-bond acceptors (Lipinski definition) is 4. The maximum absolute atomic E-state index is 12.9. The van der Waals surface area contributed by atoms with Crippen LogP contribution in [0.15, 0.2) is 54.7 Å². The lowest BCUT2D eigenvalue weighted by molar-refractivity contribution is 0.102. The lowest BCUT2D eigenvalue weighted by atomic mass is 10.1. The first-order valence-corrected chi connectivity index (χ1v) is 10.4. The van der Waals surface area contributed by atoms with Gasteiger partial charge in [-0.2, -0.15) is 11.8 Å². The Labute approximate surface area is 164 Å². The third kappa shape index (κ3) is 3.99. The van der Waals surface area contributed by atoms with Crippen molar-refractivity contribution in [2.45, 2.75) is 13.5 Å². The number of aromatic nitrogens is 1. The van der Waals surface area contributed by atoms with E-state index in [2.05, 4.69) is 28.2 Å². The van der Waals surface area contributed by atoms with Crippen LogP contribution in [0.3, 0.4) is 0 Å². The first kappa shape index (κ1) is 18.0. The molecule has 1 N–H and O–H groups in total. The molecule has 0 bridgehead atoms. The minimum Gasteiger partial charge on any atom is -0.320 e. The van der Waals surface area contributed by atoms with Gasteiger partial charge in [-0.15, -0.1) is 0 Å². The highest BCUT2D eigenvalue weighted by atomic mass is 32.2. The number of rotatable bonds is 4. The number of anilines is 1. The molecule has 1 aromatic heterocycles. The van der Waals surface area contributed by atoms with Crippen molar-refractivity contribution in [2.75, 3.05) is 29.9 Å². The maximum Gasteiger partial charge on any atom is 0.274 e. The zero-order valence-corrected chi connectivity index (χ0v) is 16.3. The molecule has 2 aromatic carbocycles. The van der Waals surface area contributed by atoms with Crippen molar-refractivity contribution >= 4 is 34.1 Å². The van der Waals surface area contributed by atoms with Crippen molar-refractivity contribution in [3.8, 4) is 0 Å². The van der Waals surface area contributed by atoms with E-state index in [4.69, 9.17) is 0 Å². The van der Waals surface area contributed by atoms with Gasteiger partial charge in [-0.3, -0.25) is 14.7 Å². The number of benzene rings is 2. The molecule has 0 unspecified atom stereocenters. The molecular weight excluding hydrogens is 354 g/mol. The van der Waals surface area contributed by atoms with Gasteiger partial charge >= 0.3 is 0 Å². The molecule has 1 amide bonds. The minimum atomic E-state index is -0.165. The van der Waals surface area contributed by atoms with Gasteiger partial charge in [-0.25, -0.2) is 0 Å². The van der Waals surface area contributed by atoms with Gasteiger partial charge in [0.15, 0.2) is 0 Å². The van der Waals surface area contributed by atoms with E-state index in [1.807, 2.05) is 54.2 Å². The molecule has 2 heterocycles. The monoisotopic (exact) mass is 377 g/mol. The molecule has 0 aliphatic carbocycles. The van der Waals surface area contributed by atoms with Gasteiger partial charge < -0.3 is 5.32 Å². The SMILES string of the molecule is Cc1c(CN2CCSCC2)cccc1NC(=O)c1nccc2ccccc12. The molecule has 0 radical (unpaired) electrons. The highest BCUT2D eigenvalue weighted by Crippen LogP contribution is 2.23. The Hall–Kier alpha value is -2.37. The summed E-state index contributed by atoms with van der Waals surface area (Å²) in [5, 5.41) is 4.96. The van der Waals surface area contributed by atoms with Crippen LogP contribution in [0.5, 0.6) is 0 Å². The molecule has 1 aliphatic rings. The zero-order chi connectivity index (χ0) is 18.6. The van der Waals surface area contributed by atoms with Crippen LogP contribution in [0.4, 0.5) is 5.69 Å². The first-order chi connectivity index (χ1) is 13.2. The molecule has 1 fully saturated rings. The summed E-state index contributed by atoms with van der Waals surface area (Å²) in [6.45, 7) is 5.27. The van der Waals surface area contributed by atoms with Crippen molar-refractivity contribution < 1.29 is 4.79 Å². The van der Waals surface area contributed by atoms with E-state index >= 15 is 0 Å². The topological polar surface area (TPSA) is 45.2 Å². The molecule has 0 saturated carbocycles. The highest BCUT2D eigenvalue weighted by molar-refractivity contribution is 7.99. The Morgan fingerprint density at radius 3 is 2.78 bits per heavy atom. The van der Waals surface area contributed by atoms with Crippen LogP contribution < -0.4 is 5.32 Å². The summed E-state index contributed by atoms with van der Waals surface area (Å²) >= 11 is 2.02. The fourth-order valence-electron chi connectivity index (χ4n) is 3.47. The van der Waals surface area contributed by atoms with Gasteiger partial charge in [0.05, 0.1) is 0 Å². The highest BCUT2D eigenvalue weighted by Gasteiger charge is 2.16. The van der Waals surface area contributed by atoms with E-state index in [-0.39, 0.29) is 5.91 Å². The Kier molecular flexibility index (Phi) is 5.41. The molecular formula is C22H23N3OS. The van der Waals surface area contributed by atoms with Crippen LogP contribution >= 0.6 is 11.8 Å². The van der Waals surface area contributed by atoms with Crippen LogP contribution in [0.25, 0.3) is 10.8 Å². The number of nitrogens with one attached hydrogen (secondary N) is 1. The third-order valence-electron chi connectivity index (χ3n) is 5.08. The number of thioether (sulfide) groups is 1. The van der Waals surface area contributed by atoms with E-state index in [0.717, 1.165) is 41.7 Å². The van der Waals surface area contributed by atoms with Crippen LogP contribution in [0.1, 0.15) is 21.6 Å². The van der Waals surface area contributed by atoms with Gasteiger partial charge in [-0.05, 0) is 35.6 Å². The predicted octanol–water partition coefficient (Wildman–Crippen LogP) is 4.34. The molecule has 138 valence electrons. The predicted molar refractivity (Wildman–Crippen MR) is 113 cm³/mol. The third-order valence-corrected chi connectivity index (χ3v) is 6.02. The van der Waals surface area contributed by atoms with Crippen LogP contribution in [0, 0.1) is 6.92 Å². The average molecular weight is 378 g/mol. The molecule has 1 saturated heterocycles. The summed E-state index contributed by atoms with van der Waals surface area (Å²) in [6.07, 6.45) is 1.69. The fourth-order valence-corrected chi connectivity index (χ4v) is 4.45. The fraction of sp³-hybridized carbons (Fsp3) is 0.273. The summed E-state index contributed by atoms with van der Waals surface area (Å²) in [7, 11) is 0. The summed E-state index contributed by atoms with van der Waals surface area (Å²) < 4.78 is 0. The lowest BCUT2D eigenvalue weighted by Crippen LogP contribution is -2.32. The number of carbonyl (C=O) groups excluding carboxylic acids is 1. The Balaban J connectivity index is 1.57. The number of nitrogens with zero attached hydrogens (tertiary/aromatic N) is 2. The van der Waals surface area contributed by atoms with E-state index in [0.29, 0.717) is 5.69 Å². The van der Waals surface area contributed by atoms with Gasteiger partial charge in [-0.1, -0.05) is 36.4 Å². The molecule has 27 heavy (non-hydrogen) atoms. The normalized spacial score (nSPS) is 15.0. The Morgan fingerprint density at radius 2 is 1.93 bits per heavy atom. The van der Waals surface area contributed by atoms with Crippen LogP contribution in [-0.2, 0) is 6.54 Å². The Bertz CT molecular complexity index is 961. The van der Waals surface area contributed by atoms with Gasteiger partial charge in [0.25, 0.3) is 5.91 Å². The lowest BCUT2D eigenvalue weighted by Gasteiger charge is -2.27. The quantitative estimate of drug-likeness (QED) is 0.734. The number of carbonyl (C=O) groups is 1. The summed E-state index contributed by atoms with van der Waals surface area (Å²) in [5.74, 6) is 2.23. The van der Waals surface area contributed by atoms with Crippen LogP contribution in [0.2, 0.25) is 0 Å². The molecule has 0 atom stereocenters. The second kappa shape index (κ2) is 8.11. The number of fused-ring (bicyclic) bond motifs is 1. The minimum absolute atomic E-state index is 0.165. The maximum atomic E-state index is 12.9. The summed E-state index contributed by atoms with van der Waals surface area (Å²) in [4.78, 5) is 19.7. The van der Waals surface area contributed by atoms with Gasteiger partial charge in [0.2, 0.25) is 0 Å². The number of hydrogen-bond donors (Lipinski definition) is 1. The molecule has 3 aromatic rings. The van der Waals surface area contributed by atoms with E-state index < -0.39 is 0 Å². The molecule has 5 heteroatoms. The van der Waals surface area contributed by atoms with Crippen molar-refractivity contribution in [1.29, 1.82) is 0 Å². The second-order valence-corrected chi connectivity index (χ2v) is 8.04. The Morgan fingerprint density at radius 1 is 1.11 bits per heavy atom. The molecule has 4 rings (SSSR count). The standard InChI is InChI=1S/C22H23N3OS/c1-16-18(15-25-11-13-27-14-12-25)6-4-8-20(16)24-22(26)21-19-7-3-2-5-17(19)9-10-23-21/h2-10H,11-15H2,1H3,(H,24,26). The van der Waals surface area contributed by atoms with Crippen molar-refractivity contribution in [3.05, 3.63) is 71.5 Å². The van der Waals surface area contributed by atoms with E-state index in [9.17, 15) is 4.79 Å². The number of amides is 1. The first-order valence-electron chi connectivity index (χ1n) is 9.26. The molecule has 0 spiro atoms. The average Bonchev–Trinajstić information content (AvgIpc) is 2.71. The largest absolute Gasteiger partial charge is 0.320 e. The van der Waals surface area contributed by atoms with E-state index in [1.165, 1.54) is 17.1 Å². The van der Waals surface area contributed by atoms with Gasteiger partial charge in [0.1, 0.15) is 5.69 Å². The molecule has 1 aliphatic heterocycles. The smallest absolute Gasteiger partial charge is 0.274 e. The van der Waals surface area contributed by atoms with Gasteiger partial charge in [0, 0.05) is 48.4 Å². The summed E-state index contributed by atoms with van der Waals surface area (Å²) in [5.41, 5.74) is 3.72. The van der Waals surface area contributed by atoms with Crippen molar-refractivity contribution in [3.63, 3.8) is 0 Å². The van der Waals surface area contributed by atoms with Crippen molar-refractivity contribution in [1.82, 2.24) is 9.88 Å². The van der Waals surface area contributed by atoms with E-state index in [1.54, 1.807) is 6.20 Å². The van der Waals surface area contributed by atoms with Crippen molar-refractivity contribution in [2.24, 2.45) is 0 Å². The van der Waals surface area contributed by atoms with Crippen LogP contribution in [-0.4, -0.2) is 40.4 Å². The number of pyridine rings is 1. The second-order valence-electron chi connectivity index (χ2n) is 6.81. The summed E-state index contributed by atoms with van der Waals surface area (Å²) in [6, 6.07) is 15.9. The zero-order valence-electron chi connectivity index (χ0n) is 15.4.